The summed E-state index contributed by atoms with van der Waals surface area (Å²) in [5.41, 5.74) is 0.945. The number of phenolic OH excluding ortho intramolecular Hbond substituents is 2. The number of aliphatic imine (C=N–C) groups is 1. The molecular weight excluding hydrogens is 284 g/mol. The van der Waals surface area contributed by atoms with Crippen molar-refractivity contribution in [1.82, 2.24) is 0 Å². The first-order valence-corrected chi connectivity index (χ1v) is 6.51. The Morgan fingerprint density at radius 2 is 1.91 bits per heavy atom. The van der Waals surface area contributed by atoms with Crippen LogP contribution in [-0.2, 0) is 0 Å². The topological polar surface area (TPSA) is 98.5 Å². The normalized spacial score (nSPS) is 13.5. The Bertz CT molecular complexity index is 1060. The molecule has 2 aromatic carbocycles. The molecule has 0 amide bonds. The third kappa shape index (κ3) is 1.81. The van der Waals surface area contributed by atoms with Crippen molar-refractivity contribution in [3.63, 3.8) is 0 Å². The number of nitrogens with zero attached hydrogens (tertiary/aromatic N) is 2. The Balaban J connectivity index is 1.94. The maximum Gasteiger partial charge on any atom is 0.173 e. The number of benzene rings is 2. The van der Waals surface area contributed by atoms with Gasteiger partial charge in [-0.15, -0.1) is 0 Å². The van der Waals surface area contributed by atoms with Crippen LogP contribution in [0, 0.1) is 0 Å². The number of fused-ring (bicyclic) bond motifs is 2. The van der Waals surface area contributed by atoms with Crippen LogP contribution in [0.25, 0.3) is 17.0 Å². The molecule has 3 aromatic rings. The number of furan rings is 1. The molecular formula is C16H10N2O4. The van der Waals surface area contributed by atoms with Crippen LogP contribution < -0.4 is 10.6 Å². The minimum atomic E-state index is -0.242. The molecule has 0 radical (unpaired) electrons. The van der Waals surface area contributed by atoms with Crippen LogP contribution in [0.3, 0.4) is 0 Å². The largest absolute Gasteiger partial charge is 0.508 e. The highest BCUT2D eigenvalue weighted by Gasteiger charge is 2.16. The van der Waals surface area contributed by atoms with Crippen molar-refractivity contribution in [2.24, 2.45) is 9.98 Å². The Morgan fingerprint density at radius 1 is 1.05 bits per heavy atom. The summed E-state index contributed by atoms with van der Waals surface area (Å²) in [4.78, 5) is 8.20. The summed E-state index contributed by atoms with van der Waals surface area (Å²) >= 11 is 0. The molecule has 22 heavy (non-hydrogen) atoms. The van der Waals surface area contributed by atoms with Gasteiger partial charge in [0, 0.05) is 12.1 Å². The lowest BCUT2D eigenvalue weighted by Crippen LogP contribution is -2.06. The summed E-state index contributed by atoms with van der Waals surface area (Å²) in [5.74, 6) is -0.372. The van der Waals surface area contributed by atoms with E-state index in [4.69, 9.17) is 4.42 Å². The first-order chi connectivity index (χ1) is 10.6. The Labute approximate surface area is 123 Å². The fraction of sp³-hybridized carbons (Fsp3) is 0. The molecule has 108 valence electrons. The van der Waals surface area contributed by atoms with Crippen LogP contribution in [0.2, 0.25) is 0 Å². The second-order valence-corrected chi connectivity index (χ2v) is 4.92. The van der Waals surface area contributed by atoms with Crippen LogP contribution in [0.5, 0.6) is 17.2 Å². The third-order valence-corrected chi connectivity index (χ3v) is 3.45. The van der Waals surface area contributed by atoms with Gasteiger partial charge in [-0.2, -0.15) is 0 Å². The summed E-state index contributed by atoms with van der Waals surface area (Å²) < 4.78 is 5.50. The van der Waals surface area contributed by atoms with E-state index in [0.29, 0.717) is 0 Å². The molecule has 4 rings (SSSR count). The fourth-order valence-corrected chi connectivity index (χ4v) is 2.44. The van der Waals surface area contributed by atoms with Crippen molar-refractivity contribution in [2.75, 3.05) is 0 Å². The van der Waals surface area contributed by atoms with Gasteiger partial charge in [-0.05, 0) is 23.4 Å². The molecule has 0 spiro atoms. The van der Waals surface area contributed by atoms with Gasteiger partial charge < -0.3 is 19.7 Å². The highest BCUT2D eigenvalue weighted by Crippen LogP contribution is 2.40. The second-order valence-electron chi connectivity index (χ2n) is 4.92. The van der Waals surface area contributed by atoms with Crippen molar-refractivity contribution < 1.29 is 19.7 Å². The van der Waals surface area contributed by atoms with Gasteiger partial charge in [0.1, 0.15) is 28.8 Å². The zero-order valence-electron chi connectivity index (χ0n) is 11.2. The molecule has 0 aliphatic carbocycles. The van der Waals surface area contributed by atoms with E-state index in [2.05, 4.69) is 9.98 Å². The zero-order chi connectivity index (χ0) is 15.3. The average molecular weight is 294 g/mol. The molecule has 3 N–H and O–H groups in total. The SMILES string of the molecule is Oc1cc(O)c2c(O)c(C=c3ccc4c(c3)N=CN=4)oc2c1. The maximum atomic E-state index is 10.2. The summed E-state index contributed by atoms with van der Waals surface area (Å²) in [6.07, 6.45) is 3.11. The molecule has 0 atom stereocenters. The van der Waals surface area contributed by atoms with Crippen molar-refractivity contribution in [3.05, 3.63) is 46.7 Å². The number of hydrogen-bond donors (Lipinski definition) is 3. The lowest BCUT2D eigenvalue weighted by molar-refractivity contribution is 0.449. The second kappa shape index (κ2) is 4.36. The molecule has 0 fully saturated rings. The monoisotopic (exact) mass is 294 g/mol. The predicted molar refractivity (Wildman–Crippen MR) is 80.2 cm³/mol. The van der Waals surface area contributed by atoms with Gasteiger partial charge in [0.15, 0.2) is 11.5 Å². The number of hydrogen-bond acceptors (Lipinski definition) is 6. The average Bonchev–Trinajstić information content (AvgIpc) is 3.04. The molecule has 1 aliphatic heterocycles. The van der Waals surface area contributed by atoms with Crippen LogP contribution in [0.4, 0.5) is 5.69 Å². The van der Waals surface area contributed by atoms with E-state index < -0.39 is 0 Å². The standard InChI is InChI=1S/C16H10N2O4/c19-9-5-12(20)15-13(6-9)22-14(16(15)21)4-8-1-2-10-11(3-8)18-7-17-10/h1-7,19-21H. The van der Waals surface area contributed by atoms with Gasteiger partial charge >= 0.3 is 0 Å². The summed E-state index contributed by atoms with van der Waals surface area (Å²) in [6, 6.07) is 7.93. The fourth-order valence-electron chi connectivity index (χ4n) is 2.44. The van der Waals surface area contributed by atoms with Gasteiger partial charge in [0.05, 0.1) is 11.0 Å². The first-order valence-electron chi connectivity index (χ1n) is 6.51. The van der Waals surface area contributed by atoms with Gasteiger partial charge in [0.25, 0.3) is 0 Å². The first kappa shape index (κ1) is 12.5. The Morgan fingerprint density at radius 3 is 2.77 bits per heavy atom. The van der Waals surface area contributed by atoms with Crippen LogP contribution in [0.15, 0.2) is 44.7 Å². The summed E-state index contributed by atoms with van der Waals surface area (Å²) in [7, 11) is 0. The Hall–Kier alpha value is -3.28. The van der Waals surface area contributed by atoms with Gasteiger partial charge in [-0.25, -0.2) is 9.98 Å². The Kier molecular flexibility index (Phi) is 2.47. The van der Waals surface area contributed by atoms with Crippen molar-refractivity contribution >= 4 is 29.1 Å². The van der Waals surface area contributed by atoms with E-state index in [1.54, 1.807) is 6.08 Å². The van der Waals surface area contributed by atoms with Crippen molar-refractivity contribution in [3.8, 4) is 17.2 Å². The van der Waals surface area contributed by atoms with Gasteiger partial charge in [-0.1, -0.05) is 6.07 Å². The van der Waals surface area contributed by atoms with E-state index in [0.717, 1.165) is 22.3 Å². The smallest absolute Gasteiger partial charge is 0.173 e. The number of aromatic hydroxyl groups is 3. The summed E-state index contributed by atoms with van der Waals surface area (Å²) in [6.45, 7) is 0. The zero-order valence-corrected chi connectivity index (χ0v) is 11.2. The quantitative estimate of drug-likeness (QED) is 0.635. The highest BCUT2D eigenvalue weighted by molar-refractivity contribution is 5.93. The van der Waals surface area contributed by atoms with Crippen LogP contribution >= 0.6 is 0 Å². The van der Waals surface area contributed by atoms with E-state index in [-0.39, 0.29) is 34.0 Å². The van der Waals surface area contributed by atoms with Crippen LogP contribution in [-0.4, -0.2) is 21.7 Å². The van der Waals surface area contributed by atoms with Gasteiger partial charge in [-0.3, -0.25) is 0 Å². The molecule has 6 heteroatoms. The molecule has 0 unspecified atom stereocenters. The van der Waals surface area contributed by atoms with Crippen molar-refractivity contribution in [2.45, 2.75) is 0 Å². The van der Waals surface area contributed by atoms with Gasteiger partial charge in [0.2, 0.25) is 0 Å². The highest BCUT2D eigenvalue weighted by atomic mass is 16.4. The molecule has 0 bridgehead atoms. The van der Waals surface area contributed by atoms with E-state index >= 15 is 0 Å². The molecule has 1 aromatic heterocycles. The number of rotatable bonds is 1. The molecule has 2 heterocycles. The van der Waals surface area contributed by atoms with E-state index in [9.17, 15) is 15.3 Å². The predicted octanol–water partition coefficient (Wildman–Crippen LogP) is 1.67. The molecule has 1 aliphatic rings. The molecule has 0 saturated heterocycles. The van der Waals surface area contributed by atoms with Crippen molar-refractivity contribution in [1.29, 1.82) is 0 Å². The minimum absolute atomic E-state index is 0.140. The van der Waals surface area contributed by atoms with E-state index in [1.165, 1.54) is 12.4 Å². The lowest BCUT2D eigenvalue weighted by Gasteiger charge is -1.95. The minimum Gasteiger partial charge on any atom is -0.508 e. The van der Waals surface area contributed by atoms with E-state index in [1.807, 2.05) is 18.2 Å². The maximum absolute atomic E-state index is 10.2. The summed E-state index contributed by atoms with van der Waals surface area (Å²) in [5, 5.41) is 31.2. The molecule has 0 saturated carbocycles. The molecule has 6 nitrogen and oxygen atoms in total. The lowest BCUT2D eigenvalue weighted by atomic mass is 10.2. The van der Waals surface area contributed by atoms with Crippen LogP contribution in [0.1, 0.15) is 5.76 Å². The number of phenols is 2. The third-order valence-electron chi connectivity index (χ3n) is 3.45.